The summed E-state index contributed by atoms with van der Waals surface area (Å²) in [6.07, 6.45) is 0.172. The Morgan fingerprint density at radius 2 is 1.50 bits per heavy atom. The van der Waals surface area contributed by atoms with Crippen molar-refractivity contribution in [3.8, 4) is 0 Å². The molecule has 0 spiro atoms. The molecule has 2 rings (SSSR count). The summed E-state index contributed by atoms with van der Waals surface area (Å²) < 4.78 is 0. The molecule has 0 unspecified atom stereocenters. The first-order valence-electron chi connectivity index (χ1n) is 6.52. The van der Waals surface area contributed by atoms with Gasteiger partial charge in [-0.1, -0.05) is 48.5 Å². The van der Waals surface area contributed by atoms with Crippen LogP contribution >= 0.6 is 0 Å². The number of aliphatic carboxylic acids is 1. The summed E-state index contributed by atoms with van der Waals surface area (Å²) in [5, 5.41) is 16.1. The van der Waals surface area contributed by atoms with E-state index in [9.17, 15) is 14.7 Å². The Balaban J connectivity index is 0.00000242. The standard InChI is InChI=1S/C16H16N2O3.Na/c19-15(20)14(11-12-7-3-1-4-8-12)18-16(21)17-13-9-5-2-6-10-13;/h1-10,14H,11H2,(H,19,20)(H2,17,18,21);/q;+1/p-1/t14-;/m0./s1. The summed E-state index contributed by atoms with van der Waals surface area (Å²) >= 11 is 0. The van der Waals surface area contributed by atoms with Crippen LogP contribution in [-0.2, 0) is 11.2 Å². The molecule has 108 valence electrons. The van der Waals surface area contributed by atoms with Crippen molar-refractivity contribution in [2.45, 2.75) is 12.5 Å². The van der Waals surface area contributed by atoms with Crippen LogP contribution in [-0.4, -0.2) is 18.0 Å². The molecule has 0 radical (unpaired) electrons. The number of hydrogen-bond acceptors (Lipinski definition) is 3. The van der Waals surface area contributed by atoms with Crippen LogP contribution in [0.15, 0.2) is 60.7 Å². The fraction of sp³-hybridized carbons (Fsp3) is 0.125. The third-order valence-electron chi connectivity index (χ3n) is 2.90. The first-order valence-corrected chi connectivity index (χ1v) is 6.52. The van der Waals surface area contributed by atoms with E-state index in [0.717, 1.165) is 5.56 Å². The molecule has 5 nitrogen and oxygen atoms in total. The summed E-state index contributed by atoms with van der Waals surface area (Å²) in [6.45, 7) is 0. The van der Waals surface area contributed by atoms with Crippen LogP contribution in [0.5, 0.6) is 0 Å². The summed E-state index contributed by atoms with van der Waals surface area (Å²) in [5.74, 6) is -1.32. The quantitative estimate of drug-likeness (QED) is 0.638. The number of rotatable bonds is 5. The van der Waals surface area contributed by atoms with E-state index in [1.807, 2.05) is 24.3 Å². The van der Waals surface area contributed by atoms with Gasteiger partial charge >= 0.3 is 35.6 Å². The van der Waals surface area contributed by atoms with Gasteiger partial charge in [-0.2, -0.15) is 0 Å². The third-order valence-corrected chi connectivity index (χ3v) is 2.90. The molecule has 22 heavy (non-hydrogen) atoms. The molecule has 2 aromatic rings. The third kappa shape index (κ3) is 5.89. The van der Waals surface area contributed by atoms with Gasteiger partial charge in [0, 0.05) is 5.69 Å². The molecule has 0 bridgehead atoms. The summed E-state index contributed by atoms with van der Waals surface area (Å²) in [6, 6.07) is 16.2. The first kappa shape index (κ1) is 18.2. The molecule has 0 saturated carbocycles. The van der Waals surface area contributed by atoms with Crippen molar-refractivity contribution < 1.29 is 44.3 Å². The molecule has 0 fully saturated rings. The molecule has 0 aromatic heterocycles. The van der Waals surface area contributed by atoms with Crippen LogP contribution < -0.4 is 45.3 Å². The second-order valence-electron chi connectivity index (χ2n) is 4.53. The minimum absolute atomic E-state index is 0. The van der Waals surface area contributed by atoms with Crippen LogP contribution in [0, 0.1) is 0 Å². The van der Waals surface area contributed by atoms with E-state index in [1.54, 1.807) is 36.4 Å². The molecule has 0 aliphatic carbocycles. The average molecular weight is 306 g/mol. The molecule has 2 amide bonds. The number of urea groups is 1. The molecule has 0 aliphatic rings. The summed E-state index contributed by atoms with van der Waals surface area (Å²) in [4.78, 5) is 22.9. The number of para-hydroxylation sites is 1. The zero-order valence-corrected chi connectivity index (χ0v) is 14.3. The van der Waals surface area contributed by atoms with E-state index in [1.165, 1.54) is 0 Å². The molecule has 0 saturated heterocycles. The Kier molecular flexibility index (Phi) is 7.66. The summed E-state index contributed by atoms with van der Waals surface area (Å²) in [7, 11) is 0. The van der Waals surface area contributed by atoms with Crippen molar-refractivity contribution in [3.63, 3.8) is 0 Å². The average Bonchev–Trinajstić information content (AvgIpc) is 2.48. The molecule has 1 atom stereocenters. The Labute approximate surface area is 151 Å². The van der Waals surface area contributed by atoms with E-state index < -0.39 is 18.0 Å². The minimum Gasteiger partial charge on any atom is -0.548 e. The van der Waals surface area contributed by atoms with Gasteiger partial charge in [-0.05, 0) is 24.1 Å². The number of carboxylic acids is 1. The number of anilines is 1. The number of amides is 2. The maximum Gasteiger partial charge on any atom is 1.00 e. The van der Waals surface area contributed by atoms with Gasteiger partial charge in [-0.3, -0.25) is 0 Å². The summed E-state index contributed by atoms with van der Waals surface area (Å²) in [5.41, 5.74) is 1.40. The molecule has 6 heteroatoms. The largest absolute Gasteiger partial charge is 1.00 e. The van der Waals surface area contributed by atoms with Gasteiger partial charge in [-0.25, -0.2) is 4.79 Å². The van der Waals surface area contributed by atoms with Crippen molar-refractivity contribution in [1.29, 1.82) is 0 Å². The topological polar surface area (TPSA) is 81.3 Å². The number of carboxylic acid groups (broad SMARTS) is 1. The Hall–Kier alpha value is -1.82. The number of carbonyl (C=O) groups is 2. The van der Waals surface area contributed by atoms with E-state index >= 15 is 0 Å². The van der Waals surface area contributed by atoms with E-state index in [0.29, 0.717) is 5.69 Å². The number of nitrogens with one attached hydrogen (secondary N) is 2. The molecule has 2 N–H and O–H groups in total. The van der Waals surface area contributed by atoms with Gasteiger partial charge in [0.15, 0.2) is 0 Å². The minimum atomic E-state index is -1.32. The van der Waals surface area contributed by atoms with Crippen molar-refractivity contribution in [3.05, 3.63) is 66.2 Å². The zero-order valence-electron chi connectivity index (χ0n) is 12.3. The van der Waals surface area contributed by atoms with Gasteiger partial charge in [0.2, 0.25) is 0 Å². The maximum atomic E-state index is 11.8. The van der Waals surface area contributed by atoms with E-state index in [-0.39, 0.29) is 36.0 Å². The van der Waals surface area contributed by atoms with Crippen LogP contribution in [0.2, 0.25) is 0 Å². The van der Waals surface area contributed by atoms with Gasteiger partial charge in [0.25, 0.3) is 0 Å². The predicted octanol–water partition coefficient (Wildman–Crippen LogP) is -1.83. The fourth-order valence-corrected chi connectivity index (χ4v) is 1.89. The first-order chi connectivity index (χ1) is 10.1. The monoisotopic (exact) mass is 306 g/mol. The Morgan fingerprint density at radius 1 is 0.955 bits per heavy atom. The SMILES string of the molecule is O=C(Nc1ccccc1)N[C@@H](Cc1ccccc1)C(=O)[O-].[Na+]. The second kappa shape index (κ2) is 9.25. The van der Waals surface area contributed by atoms with Crippen LogP contribution in [0.1, 0.15) is 5.56 Å². The van der Waals surface area contributed by atoms with Crippen LogP contribution in [0.4, 0.5) is 10.5 Å². The number of benzene rings is 2. The van der Waals surface area contributed by atoms with Gasteiger partial charge in [-0.15, -0.1) is 0 Å². The number of hydrogen-bond donors (Lipinski definition) is 2. The van der Waals surface area contributed by atoms with E-state index in [4.69, 9.17) is 0 Å². The van der Waals surface area contributed by atoms with Crippen molar-refractivity contribution in [2.24, 2.45) is 0 Å². The predicted molar refractivity (Wildman–Crippen MR) is 77.5 cm³/mol. The Morgan fingerprint density at radius 3 is 2.05 bits per heavy atom. The van der Waals surface area contributed by atoms with Crippen LogP contribution in [0.3, 0.4) is 0 Å². The van der Waals surface area contributed by atoms with Crippen molar-refractivity contribution >= 4 is 17.7 Å². The van der Waals surface area contributed by atoms with Crippen molar-refractivity contribution in [1.82, 2.24) is 5.32 Å². The van der Waals surface area contributed by atoms with Crippen LogP contribution in [0.25, 0.3) is 0 Å². The molecular weight excluding hydrogens is 291 g/mol. The van der Waals surface area contributed by atoms with Gasteiger partial charge in [0.05, 0.1) is 12.0 Å². The normalized spacial score (nSPS) is 10.9. The smallest absolute Gasteiger partial charge is 0.548 e. The molecule has 2 aromatic carbocycles. The Bertz CT molecular complexity index is 605. The molecular formula is C16H15N2NaO3. The maximum absolute atomic E-state index is 11.8. The second-order valence-corrected chi connectivity index (χ2v) is 4.53. The molecule has 0 heterocycles. The van der Waals surface area contributed by atoms with Crippen molar-refractivity contribution in [2.75, 3.05) is 5.32 Å². The van der Waals surface area contributed by atoms with Gasteiger partial charge in [0.1, 0.15) is 0 Å². The van der Waals surface area contributed by atoms with Gasteiger partial charge < -0.3 is 20.5 Å². The van der Waals surface area contributed by atoms with E-state index in [2.05, 4.69) is 10.6 Å². The molecule has 0 aliphatic heterocycles. The number of carbonyl (C=O) groups excluding carboxylic acids is 2. The fourth-order valence-electron chi connectivity index (χ4n) is 1.89. The zero-order chi connectivity index (χ0) is 15.1.